The first kappa shape index (κ1) is 53.6. The molecular weight excluding hydrogens is 955 g/mol. The van der Waals surface area contributed by atoms with Crippen LogP contribution in [-0.4, -0.2) is 36.0 Å². The molecule has 10 rings (SSSR count). The van der Waals surface area contributed by atoms with E-state index >= 15 is 0 Å². The zero-order chi connectivity index (χ0) is 53.8. The maximum Gasteiger partial charge on any atom is 0.122 e. The normalized spacial score (nSPS) is 13.6. The minimum absolute atomic E-state index is 0.800. The highest BCUT2D eigenvalue weighted by Gasteiger charge is 2.20. The van der Waals surface area contributed by atoms with Crippen molar-refractivity contribution in [2.75, 3.05) is 21.3 Å². The molecule has 1 aliphatic heterocycles. The number of nitrogens with zero attached hydrogens (tertiary/aromatic N) is 3. The first-order valence-corrected chi connectivity index (χ1v) is 27.6. The summed E-state index contributed by atoms with van der Waals surface area (Å²) in [6.45, 7) is 14.0. The number of fused-ring (bicyclic) bond motifs is 6. The van der Waals surface area contributed by atoms with Crippen LogP contribution in [0.15, 0.2) is 200 Å². The average Bonchev–Trinajstić information content (AvgIpc) is 3.42. The lowest BCUT2D eigenvalue weighted by Crippen LogP contribution is -2.26. The fourth-order valence-electron chi connectivity index (χ4n) is 12.0. The topological polar surface area (TPSA) is 37.4 Å². The molecule has 0 unspecified atom stereocenters. The fourth-order valence-corrected chi connectivity index (χ4v) is 12.0. The Morgan fingerprint density at radius 3 is 0.705 bits per heavy atom. The Balaban J connectivity index is 1.05. The monoisotopic (exact) mass is 1030 g/mol. The first-order valence-electron chi connectivity index (χ1n) is 27.6. The van der Waals surface area contributed by atoms with Gasteiger partial charge in [-0.15, -0.1) is 0 Å². The third kappa shape index (κ3) is 14.0. The Morgan fingerprint density at radius 1 is 0.269 bits per heavy atom. The van der Waals surface area contributed by atoms with Crippen LogP contribution < -0.4 is 14.2 Å². The van der Waals surface area contributed by atoms with E-state index in [1.54, 1.807) is 21.3 Å². The van der Waals surface area contributed by atoms with E-state index in [-0.39, 0.29) is 0 Å². The summed E-state index contributed by atoms with van der Waals surface area (Å²) in [4.78, 5) is 7.98. The first-order chi connectivity index (χ1) is 38.1. The van der Waals surface area contributed by atoms with Crippen molar-refractivity contribution in [2.24, 2.45) is 0 Å². The molecule has 6 nitrogen and oxygen atoms in total. The van der Waals surface area contributed by atoms with E-state index in [4.69, 9.17) is 14.2 Å². The summed E-state index contributed by atoms with van der Waals surface area (Å²) >= 11 is 0. The van der Waals surface area contributed by atoms with Crippen LogP contribution in [0.5, 0.6) is 17.2 Å². The van der Waals surface area contributed by atoms with Gasteiger partial charge in [-0.05, 0) is 122 Å². The quantitative estimate of drug-likeness (QED) is 0.102. The van der Waals surface area contributed by atoms with Gasteiger partial charge in [0.05, 0.1) is 21.3 Å². The molecule has 396 valence electrons. The van der Waals surface area contributed by atoms with Crippen molar-refractivity contribution in [1.29, 1.82) is 0 Å². The van der Waals surface area contributed by atoms with Gasteiger partial charge >= 0.3 is 0 Å². The Morgan fingerprint density at radius 2 is 0.474 bits per heavy atom. The molecule has 1 aliphatic rings. The molecule has 0 saturated heterocycles. The van der Waals surface area contributed by atoms with Gasteiger partial charge < -0.3 is 14.2 Å². The lowest BCUT2D eigenvalue weighted by molar-refractivity contribution is 0.238. The second-order valence-corrected chi connectivity index (χ2v) is 21.7. The minimum atomic E-state index is 0.800. The maximum atomic E-state index is 5.86. The molecule has 1 heterocycles. The summed E-state index contributed by atoms with van der Waals surface area (Å²) < 4.78 is 17.6. The molecule has 0 atom stereocenters. The van der Waals surface area contributed by atoms with E-state index in [1.165, 1.54) is 100 Å². The molecule has 0 aliphatic carbocycles. The van der Waals surface area contributed by atoms with E-state index in [2.05, 4.69) is 236 Å². The Kier molecular flexibility index (Phi) is 17.6. The number of para-hydroxylation sites is 3. The van der Waals surface area contributed by atoms with Gasteiger partial charge in [-0.2, -0.15) is 0 Å². The number of hydrogen-bond donors (Lipinski definition) is 0. The molecule has 0 fully saturated rings. The van der Waals surface area contributed by atoms with Crippen LogP contribution in [0.1, 0.15) is 100 Å². The Labute approximate surface area is 464 Å². The van der Waals surface area contributed by atoms with Crippen LogP contribution in [0.4, 0.5) is 0 Å². The summed E-state index contributed by atoms with van der Waals surface area (Å²) in [6, 6.07) is 74.1. The zero-order valence-corrected chi connectivity index (χ0v) is 46.6. The van der Waals surface area contributed by atoms with Gasteiger partial charge in [0.2, 0.25) is 0 Å². The smallest absolute Gasteiger partial charge is 0.122 e. The minimum Gasteiger partial charge on any atom is -0.496 e. The second-order valence-electron chi connectivity index (χ2n) is 21.7. The second kappa shape index (κ2) is 25.6. The number of methoxy groups -OCH3 is 3. The molecule has 0 amide bonds. The number of benzene rings is 9. The summed E-state index contributed by atoms with van der Waals surface area (Å²) in [7, 11) is 5.31. The van der Waals surface area contributed by atoms with Crippen molar-refractivity contribution in [2.45, 2.75) is 98.9 Å². The molecule has 0 N–H and O–H groups in total. The lowest BCUT2D eigenvalue weighted by atomic mass is 9.97. The molecule has 9 aromatic rings. The van der Waals surface area contributed by atoms with E-state index in [9.17, 15) is 0 Å². The van der Waals surface area contributed by atoms with Gasteiger partial charge in [-0.25, -0.2) is 0 Å². The average molecular weight is 1030 g/mol. The Bertz CT molecular complexity index is 3040. The number of hydrogen-bond acceptors (Lipinski definition) is 6. The lowest BCUT2D eigenvalue weighted by Gasteiger charge is -2.28. The summed E-state index contributed by atoms with van der Waals surface area (Å²) in [5.74, 6) is 2.77. The van der Waals surface area contributed by atoms with Crippen molar-refractivity contribution in [3.63, 3.8) is 0 Å². The molecule has 0 radical (unpaired) electrons. The predicted octanol–water partition coefficient (Wildman–Crippen LogP) is 15.3. The van der Waals surface area contributed by atoms with E-state index < -0.39 is 0 Å². The van der Waals surface area contributed by atoms with Gasteiger partial charge in [0.25, 0.3) is 0 Å². The molecule has 9 aromatic carbocycles. The molecule has 0 saturated carbocycles. The van der Waals surface area contributed by atoms with Crippen molar-refractivity contribution in [3.05, 3.63) is 300 Å². The molecule has 6 bridgehead atoms. The highest BCUT2D eigenvalue weighted by molar-refractivity contribution is 5.44. The largest absolute Gasteiger partial charge is 0.496 e. The van der Waals surface area contributed by atoms with Gasteiger partial charge in [0.1, 0.15) is 17.2 Å². The summed E-state index contributed by atoms with van der Waals surface area (Å²) in [6.07, 6.45) is 2.40. The summed E-state index contributed by atoms with van der Waals surface area (Å²) in [5.41, 5.74) is 23.3. The molecular formula is C72H75N3O3. The van der Waals surface area contributed by atoms with Gasteiger partial charge in [-0.1, -0.05) is 199 Å². The van der Waals surface area contributed by atoms with Crippen LogP contribution in [0.2, 0.25) is 0 Å². The number of aryl methyl sites for hydroxylation is 3. The van der Waals surface area contributed by atoms with Gasteiger partial charge in [-0.3, -0.25) is 14.7 Å². The van der Waals surface area contributed by atoms with Crippen molar-refractivity contribution in [1.82, 2.24) is 14.7 Å². The van der Waals surface area contributed by atoms with Crippen LogP contribution in [-0.2, 0) is 78.2 Å². The fraction of sp³-hybridized carbons (Fsp3) is 0.250. The van der Waals surface area contributed by atoms with E-state index in [1.807, 2.05) is 0 Å². The van der Waals surface area contributed by atoms with Gasteiger partial charge in [0.15, 0.2) is 0 Å². The Hall–Kier alpha value is -7.74. The molecule has 78 heavy (non-hydrogen) atoms. The molecule has 0 aromatic heterocycles. The predicted molar refractivity (Wildman–Crippen MR) is 319 cm³/mol. The van der Waals surface area contributed by atoms with Crippen molar-refractivity contribution in [3.8, 4) is 17.2 Å². The van der Waals surface area contributed by atoms with E-state index in [0.717, 1.165) is 95.4 Å². The SMILES string of the molecule is COc1ccccc1Cc1ccccc1CN1Cc2cc(C)cc(c2)CN(Cc2ccccc2Cc2ccccc2OC)Cc2cc(C)cc(c2)CN(Cc2ccccc2Cc2ccccc2OC)Cc2cc(C)cc(c2)C1. The molecule has 0 spiro atoms. The number of ether oxygens (including phenoxy) is 3. The van der Waals surface area contributed by atoms with Crippen molar-refractivity contribution < 1.29 is 14.2 Å². The summed E-state index contributed by atoms with van der Waals surface area (Å²) in [5, 5.41) is 0. The third-order valence-corrected chi connectivity index (χ3v) is 15.3. The molecule has 6 heteroatoms. The highest BCUT2D eigenvalue weighted by atomic mass is 16.5. The van der Waals surface area contributed by atoms with Crippen LogP contribution in [0, 0.1) is 20.8 Å². The standard InChI is InChI=1S/C72H75N3O3/c1-52-31-55-37-56(32-52)44-74(50-68-26-11-8-20-62(68)41-65-23-14-17-29-71(65)77-5)46-58-34-54(3)36-60(39-58)48-75(51-69-27-12-9-21-63(69)42-66-24-15-18-30-72(66)78-6)47-59-35-53(2)33-57(38-59)45-73(43-55)49-67-25-10-7-19-61(67)40-64-22-13-16-28-70(64)76-4/h7-39H,40-51H2,1-6H3. The van der Waals surface area contributed by atoms with Crippen LogP contribution in [0.25, 0.3) is 0 Å². The van der Waals surface area contributed by atoms with Gasteiger partial charge in [0, 0.05) is 78.2 Å². The van der Waals surface area contributed by atoms with E-state index in [0.29, 0.717) is 0 Å². The highest BCUT2D eigenvalue weighted by Crippen LogP contribution is 2.30. The number of rotatable bonds is 15. The maximum absolute atomic E-state index is 5.86. The third-order valence-electron chi connectivity index (χ3n) is 15.3. The van der Waals surface area contributed by atoms with Crippen LogP contribution >= 0.6 is 0 Å². The van der Waals surface area contributed by atoms with Crippen LogP contribution in [0.3, 0.4) is 0 Å². The van der Waals surface area contributed by atoms with Crippen molar-refractivity contribution >= 4 is 0 Å². The zero-order valence-electron chi connectivity index (χ0n) is 46.6.